The van der Waals surface area contributed by atoms with E-state index in [9.17, 15) is 4.79 Å². The van der Waals surface area contributed by atoms with Crippen LogP contribution in [0.15, 0.2) is 36.5 Å². The molecule has 0 fully saturated rings. The highest BCUT2D eigenvalue weighted by Crippen LogP contribution is 2.41. The number of hydrogen-bond acceptors (Lipinski definition) is 3. The number of aromatic amines is 1. The van der Waals surface area contributed by atoms with Crippen LogP contribution in [0.1, 0.15) is 59.3 Å². The number of carbonyl (C=O) groups excluding carboxylic acids is 1. The maximum atomic E-state index is 12.7. The molecule has 0 spiro atoms. The Morgan fingerprint density at radius 1 is 1.30 bits per heavy atom. The lowest BCUT2D eigenvalue weighted by Crippen LogP contribution is -2.37. The van der Waals surface area contributed by atoms with Gasteiger partial charge in [-0.2, -0.15) is 10.2 Å². The number of aromatic nitrogens is 4. The van der Waals surface area contributed by atoms with Crippen molar-refractivity contribution in [2.24, 2.45) is 5.41 Å². The van der Waals surface area contributed by atoms with Gasteiger partial charge in [-0.1, -0.05) is 32.0 Å². The van der Waals surface area contributed by atoms with Crippen LogP contribution in [-0.4, -0.2) is 25.9 Å². The maximum Gasteiger partial charge on any atom is 0.272 e. The van der Waals surface area contributed by atoms with E-state index in [2.05, 4.69) is 53.5 Å². The molecule has 4 rings (SSSR count). The lowest BCUT2D eigenvalue weighted by atomic mass is 9.74. The molecule has 1 amide bonds. The van der Waals surface area contributed by atoms with Gasteiger partial charge in [-0.25, -0.2) is 4.68 Å². The number of carbonyl (C=O) groups is 1. The topological polar surface area (TPSA) is 75.6 Å². The fourth-order valence-corrected chi connectivity index (χ4v) is 3.95. The van der Waals surface area contributed by atoms with Crippen molar-refractivity contribution in [3.05, 3.63) is 64.7 Å². The molecule has 1 aliphatic carbocycles. The minimum absolute atomic E-state index is 0.0624. The Kier molecular flexibility index (Phi) is 4.13. The molecule has 6 nitrogen and oxygen atoms in total. The van der Waals surface area contributed by atoms with Crippen molar-refractivity contribution in [3.8, 4) is 5.69 Å². The first kappa shape index (κ1) is 17.5. The van der Waals surface area contributed by atoms with Crippen LogP contribution in [0.4, 0.5) is 0 Å². The molecule has 3 aromatic rings. The zero-order chi connectivity index (χ0) is 19.2. The lowest BCUT2D eigenvalue weighted by molar-refractivity contribution is 0.0914. The Labute approximate surface area is 159 Å². The first-order valence-corrected chi connectivity index (χ1v) is 9.30. The second-order valence-corrected chi connectivity index (χ2v) is 8.25. The van der Waals surface area contributed by atoms with Crippen LogP contribution < -0.4 is 5.32 Å². The zero-order valence-electron chi connectivity index (χ0n) is 16.2. The first-order chi connectivity index (χ1) is 12.8. The number of nitrogens with one attached hydrogen (secondary N) is 2. The number of H-pyrrole nitrogens is 1. The minimum Gasteiger partial charge on any atom is -0.344 e. The Morgan fingerprint density at radius 2 is 2.07 bits per heavy atom. The van der Waals surface area contributed by atoms with E-state index < -0.39 is 0 Å². The molecule has 0 aliphatic heterocycles. The Hall–Kier alpha value is -2.89. The number of para-hydroxylation sites is 1. The van der Waals surface area contributed by atoms with Gasteiger partial charge in [0.25, 0.3) is 5.91 Å². The van der Waals surface area contributed by atoms with Crippen LogP contribution >= 0.6 is 0 Å². The summed E-state index contributed by atoms with van der Waals surface area (Å²) in [5.74, 6) is -0.156. The molecular weight excluding hydrogens is 338 g/mol. The third-order valence-corrected chi connectivity index (χ3v) is 5.27. The number of fused-ring (bicyclic) bond motifs is 1. The van der Waals surface area contributed by atoms with Crippen LogP contribution in [0.3, 0.4) is 0 Å². The third kappa shape index (κ3) is 3.27. The summed E-state index contributed by atoms with van der Waals surface area (Å²) in [7, 11) is 0. The molecule has 2 N–H and O–H groups in total. The van der Waals surface area contributed by atoms with Crippen molar-refractivity contribution < 1.29 is 4.79 Å². The molecule has 2 aromatic heterocycles. The smallest absolute Gasteiger partial charge is 0.272 e. The van der Waals surface area contributed by atoms with Gasteiger partial charge in [-0.15, -0.1) is 0 Å². The molecule has 6 heteroatoms. The van der Waals surface area contributed by atoms with Crippen molar-refractivity contribution in [1.82, 2.24) is 25.3 Å². The molecule has 27 heavy (non-hydrogen) atoms. The molecule has 1 aromatic carbocycles. The summed E-state index contributed by atoms with van der Waals surface area (Å²) in [5, 5.41) is 14.7. The third-order valence-electron chi connectivity index (χ3n) is 5.27. The van der Waals surface area contributed by atoms with Gasteiger partial charge >= 0.3 is 0 Å². The van der Waals surface area contributed by atoms with E-state index in [1.54, 1.807) is 6.07 Å². The van der Waals surface area contributed by atoms with E-state index in [-0.39, 0.29) is 17.4 Å². The van der Waals surface area contributed by atoms with Gasteiger partial charge in [-0.3, -0.25) is 9.89 Å². The van der Waals surface area contributed by atoms with Crippen LogP contribution in [0.25, 0.3) is 5.69 Å². The van der Waals surface area contributed by atoms with E-state index in [0.29, 0.717) is 5.69 Å². The summed E-state index contributed by atoms with van der Waals surface area (Å²) >= 11 is 0. The highest BCUT2D eigenvalue weighted by molar-refractivity contribution is 5.92. The van der Waals surface area contributed by atoms with Crippen LogP contribution in [-0.2, 0) is 6.42 Å². The molecular formula is C21H25N5O. The van der Waals surface area contributed by atoms with Gasteiger partial charge < -0.3 is 5.32 Å². The molecule has 140 valence electrons. The van der Waals surface area contributed by atoms with Crippen LogP contribution in [0, 0.1) is 19.3 Å². The number of rotatable bonds is 3. The van der Waals surface area contributed by atoms with Gasteiger partial charge in [0, 0.05) is 11.3 Å². The quantitative estimate of drug-likeness (QED) is 0.746. The second-order valence-electron chi connectivity index (χ2n) is 8.25. The summed E-state index contributed by atoms with van der Waals surface area (Å²) < 4.78 is 2.03. The minimum atomic E-state index is -0.156. The Bertz CT molecular complexity index is 998. The van der Waals surface area contributed by atoms with Gasteiger partial charge in [0.2, 0.25) is 0 Å². The number of amides is 1. The summed E-state index contributed by atoms with van der Waals surface area (Å²) in [6.07, 6.45) is 3.69. The molecule has 2 heterocycles. The molecule has 1 aliphatic rings. The van der Waals surface area contributed by atoms with Crippen molar-refractivity contribution in [1.29, 1.82) is 0 Å². The fourth-order valence-electron chi connectivity index (χ4n) is 3.95. The maximum absolute atomic E-state index is 12.7. The predicted octanol–water partition coefficient (Wildman–Crippen LogP) is 3.66. The fraction of sp³-hybridized carbons (Fsp3) is 0.381. The Morgan fingerprint density at radius 3 is 2.78 bits per heavy atom. The number of aryl methyl sites for hydroxylation is 2. The number of benzene rings is 1. The molecule has 0 unspecified atom stereocenters. The van der Waals surface area contributed by atoms with Crippen molar-refractivity contribution in [2.45, 2.75) is 46.6 Å². The summed E-state index contributed by atoms with van der Waals surface area (Å²) in [5.41, 5.74) is 5.89. The van der Waals surface area contributed by atoms with Gasteiger partial charge in [0.15, 0.2) is 0 Å². The standard InChI is InChI=1S/C21H25N5O/c1-13-7-5-6-8-18(13)26-19-11-21(3,4)10-17(15(19)12-22-26)23-20(27)16-9-14(2)24-25-16/h5-9,12,17H,10-11H2,1-4H3,(H,23,27)(H,24,25)/t17-/m0/s1. The first-order valence-electron chi connectivity index (χ1n) is 9.30. The highest BCUT2D eigenvalue weighted by Gasteiger charge is 2.36. The van der Waals surface area contributed by atoms with E-state index in [4.69, 9.17) is 0 Å². The zero-order valence-corrected chi connectivity index (χ0v) is 16.2. The molecule has 0 saturated heterocycles. The SMILES string of the molecule is Cc1cc(C(=O)N[C@H]2CC(C)(C)Cc3c2cnn3-c2ccccc2C)n[nH]1. The second kappa shape index (κ2) is 6.37. The summed E-state index contributed by atoms with van der Waals surface area (Å²) in [4.78, 5) is 12.7. The lowest BCUT2D eigenvalue weighted by Gasteiger charge is -2.36. The van der Waals surface area contributed by atoms with Gasteiger partial charge in [0.1, 0.15) is 5.69 Å². The number of hydrogen-bond donors (Lipinski definition) is 2. The number of nitrogens with zero attached hydrogens (tertiary/aromatic N) is 3. The molecule has 0 radical (unpaired) electrons. The largest absolute Gasteiger partial charge is 0.344 e. The monoisotopic (exact) mass is 363 g/mol. The summed E-state index contributed by atoms with van der Waals surface area (Å²) in [6.45, 7) is 8.46. The van der Waals surface area contributed by atoms with E-state index in [0.717, 1.165) is 29.8 Å². The molecule has 1 atom stereocenters. The average molecular weight is 363 g/mol. The molecule has 0 bridgehead atoms. The van der Waals surface area contributed by atoms with E-state index >= 15 is 0 Å². The van der Waals surface area contributed by atoms with Gasteiger partial charge in [-0.05, 0) is 49.8 Å². The van der Waals surface area contributed by atoms with E-state index in [1.807, 2.05) is 29.9 Å². The molecule has 0 saturated carbocycles. The van der Waals surface area contributed by atoms with Crippen molar-refractivity contribution in [2.75, 3.05) is 0 Å². The van der Waals surface area contributed by atoms with Crippen molar-refractivity contribution >= 4 is 5.91 Å². The Balaban J connectivity index is 1.70. The van der Waals surface area contributed by atoms with Crippen LogP contribution in [0.5, 0.6) is 0 Å². The van der Waals surface area contributed by atoms with Gasteiger partial charge in [0.05, 0.1) is 23.6 Å². The predicted molar refractivity (Wildman–Crippen MR) is 104 cm³/mol. The van der Waals surface area contributed by atoms with Crippen molar-refractivity contribution in [3.63, 3.8) is 0 Å². The normalized spacial score (nSPS) is 18.1. The van der Waals surface area contributed by atoms with Crippen LogP contribution in [0.2, 0.25) is 0 Å². The highest BCUT2D eigenvalue weighted by atomic mass is 16.2. The van der Waals surface area contributed by atoms with E-state index in [1.165, 1.54) is 11.3 Å². The average Bonchev–Trinajstić information content (AvgIpc) is 3.21. The summed E-state index contributed by atoms with van der Waals surface area (Å²) in [6, 6.07) is 9.94.